The third kappa shape index (κ3) is 5.41. The van der Waals surface area contributed by atoms with Crippen LogP contribution in [0, 0.1) is 5.82 Å². The monoisotopic (exact) mass is 531 g/mol. The summed E-state index contributed by atoms with van der Waals surface area (Å²) in [5.74, 6) is -0.800. The minimum absolute atomic E-state index is 0.0339. The van der Waals surface area contributed by atoms with E-state index in [0.29, 0.717) is 28.1 Å². The lowest BCUT2D eigenvalue weighted by Gasteiger charge is -2.33. The fourth-order valence-corrected chi connectivity index (χ4v) is 5.10. The molecule has 0 saturated heterocycles. The van der Waals surface area contributed by atoms with E-state index in [2.05, 4.69) is 15.6 Å². The Kier molecular flexibility index (Phi) is 7.72. The normalized spacial score (nSPS) is 14.2. The second kappa shape index (κ2) is 11.5. The fourth-order valence-electron chi connectivity index (χ4n) is 5.10. The second-order valence-corrected chi connectivity index (χ2v) is 9.45. The fraction of sp³-hybridized carbons (Fsp3) is 0.310. The van der Waals surface area contributed by atoms with Crippen molar-refractivity contribution in [2.24, 2.45) is 0 Å². The Morgan fingerprint density at radius 1 is 1.05 bits per heavy atom. The first kappa shape index (κ1) is 26.1. The van der Waals surface area contributed by atoms with Crippen LogP contribution in [0.1, 0.15) is 37.3 Å². The van der Waals surface area contributed by atoms with Gasteiger partial charge in [-0.3, -0.25) is 14.5 Å². The zero-order valence-corrected chi connectivity index (χ0v) is 21.8. The van der Waals surface area contributed by atoms with Gasteiger partial charge >= 0.3 is 0 Å². The number of methoxy groups -OCH3 is 2. The van der Waals surface area contributed by atoms with Crippen molar-refractivity contribution >= 4 is 28.5 Å². The van der Waals surface area contributed by atoms with Crippen LogP contribution < -0.4 is 19.7 Å². The van der Waals surface area contributed by atoms with Gasteiger partial charge in [0, 0.05) is 11.6 Å². The van der Waals surface area contributed by atoms with E-state index in [1.807, 2.05) is 12.1 Å². The van der Waals surface area contributed by atoms with Crippen molar-refractivity contribution in [2.45, 2.75) is 44.3 Å². The van der Waals surface area contributed by atoms with Crippen LogP contribution in [0.3, 0.4) is 0 Å². The molecule has 1 aliphatic carbocycles. The summed E-state index contributed by atoms with van der Waals surface area (Å²) in [5, 5.41) is 11.4. The van der Waals surface area contributed by atoms with Crippen LogP contribution in [0.25, 0.3) is 11.0 Å². The lowest BCUT2D eigenvalue weighted by Crippen LogP contribution is -2.47. The molecule has 1 N–H and O–H groups in total. The van der Waals surface area contributed by atoms with Crippen molar-refractivity contribution in [2.75, 3.05) is 19.1 Å². The molecule has 10 heteroatoms. The van der Waals surface area contributed by atoms with Gasteiger partial charge < -0.3 is 14.8 Å². The van der Waals surface area contributed by atoms with Crippen LogP contribution in [0.15, 0.2) is 66.7 Å². The van der Waals surface area contributed by atoms with Crippen molar-refractivity contribution in [3.8, 4) is 11.5 Å². The molecule has 1 atom stereocenters. The largest absolute Gasteiger partial charge is 0.497 e. The summed E-state index contributed by atoms with van der Waals surface area (Å²) in [6.07, 6.45) is 3.69. The maximum atomic E-state index is 15.4. The molecule has 1 aromatic heterocycles. The van der Waals surface area contributed by atoms with Crippen molar-refractivity contribution in [1.82, 2.24) is 20.3 Å². The maximum absolute atomic E-state index is 15.4. The Bertz CT molecular complexity index is 1480. The summed E-state index contributed by atoms with van der Waals surface area (Å²) in [6, 6.07) is 16.8. The average Bonchev–Trinajstić information content (AvgIpc) is 3.62. The Hall–Kier alpha value is -4.47. The number of carbonyl (C=O) groups is 2. The Morgan fingerprint density at radius 2 is 1.79 bits per heavy atom. The quantitative estimate of drug-likeness (QED) is 0.343. The van der Waals surface area contributed by atoms with Gasteiger partial charge in [0.2, 0.25) is 11.8 Å². The summed E-state index contributed by atoms with van der Waals surface area (Å²) in [4.78, 5) is 29.4. The third-order valence-corrected chi connectivity index (χ3v) is 7.03. The van der Waals surface area contributed by atoms with Crippen LogP contribution in [0.2, 0.25) is 0 Å². The standard InChI is InChI=1S/C29H30FN5O4/c1-38-20-15-16-26(39-2)21(17-20)28(29(37)31-19-9-3-4-10-19)35(24-13-7-5-11-22(24)30)27(36)18-34-25-14-8-6-12-23(25)32-33-34/h5-8,11-17,19,28H,3-4,9-10,18H2,1-2H3,(H,31,37)/t28-/m1/s1. The molecule has 1 aliphatic rings. The number of amides is 2. The van der Waals surface area contributed by atoms with E-state index in [1.165, 1.54) is 42.0 Å². The van der Waals surface area contributed by atoms with Gasteiger partial charge in [-0.25, -0.2) is 9.07 Å². The molecule has 3 aromatic carbocycles. The Labute approximate surface area is 225 Å². The zero-order chi connectivity index (χ0) is 27.4. The highest BCUT2D eigenvalue weighted by Gasteiger charge is 2.37. The van der Waals surface area contributed by atoms with Crippen molar-refractivity contribution in [3.63, 3.8) is 0 Å². The molecule has 0 aliphatic heterocycles. The molecule has 202 valence electrons. The van der Waals surface area contributed by atoms with Crippen molar-refractivity contribution in [3.05, 3.63) is 78.1 Å². The zero-order valence-electron chi connectivity index (χ0n) is 21.8. The van der Waals surface area contributed by atoms with Crippen molar-refractivity contribution < 1.29 is 23.5 Å². The number of hydrogen-bond donors (Lipinski definition) is 1. The van der Waals surface area contributed by atoms with Crippen LogP contribution in [0.5, 0.6) is 11.5 Å². The highest BCUT2D eigenvalue weighted by atomic mass is 19.1. The van der Waals surface area contributed by atoms with E-state index in [1.54, 1.807) is 36.4 Å². The van der Waals surface area contributed by atoms with Gasteiger partial charge in [0.1, 0.15) is 35.4 Å². The van der Waals surface area contributed by atoms with E-state index in [9.17, 15) is 9.59 Å². The summed E-state index contributed by atoms with van der Waals surface area (Å²) in [5.41, 5.74) is 1.59. The van der Waals surface area contributed by atoms with Gasteiger partial charge in [0.15, 0.2) is 0 Å². The number of aromatic nitrogens is 3. The van der Waals surface area contributed by atoms with E-state index < -0.39 is 23.7 Å². The molecule has 5 rings (SSSR count). The number of nitrogens with zero attached hydrogens (tertiary/aromatic N) is 4. The number of carbonyl (C=O) groups excluding carboxylic acids is 2. The third-order valence-electron chi connectivity index (χ3n) is 7.03. The molecular formula is C29H30FN5O4. The minimum atomic E-state index is -1.25. The molecule has 4 aromatic rings. The van der Waals surface area contributed by atoms with Gasteiger partial charge in [0.25, 0.3) is 0 Å². The van der Waals surface area contributed by atoms with E-state index in [4.69, 9.17) is 9.47 Å². The molecular weight excluding hydrogens is 501 g/mol. The average molecular weight is 532 g/mol. The summed E-state index contributed by atoms with van der Waals surface area (Å²) in [7, 11) is 2.99. The summed E-state index contributed by atoms with van der Waals surface area (Å²) in [6.45, 7) is -0.270. The van der Waals surface area contributed by atoms with Gasteiger partial charge in [-0.05, 0) is 55.3 Å². The smallest absolute Gasteiger partial charge is 0.249 e. The highest BCUT2D eigenvalue weighted by Crippen LogP contribution is 2.37. The SMILES string of the molecule is COc1ccc(OC)c([C@H](C(=O)NC2CCCC2)N(C(=O)Cn2nnc3ccccc32)c2ccccc2F)c1. The molecule has 1 heterocycles. The molecule has 1 fully saturated rings. The van der Waals surface area contributed by atoms with Crippen LogP contribution in [-0.2, 0) is 16.1 Å². The predicted molar refractivity (Wildman–Crippen MR) is 144 cm³/mol. The summed E-state index contributed by atoms with van der Waals surface area (Å²) >= 11 is 0. The number of halogens is 1. The molecule has 0 radical (unpaired) electrons. The van der Waals surface area contributed by atoms with Gasteiger partial charge in [-0.2, -0.15) is 0 Å². The van der Waals surface area contributed by atoms with Crippen LogP contribution in [0.4, 0.5) is 10.1 Å². The molecule has 0 spiro atoms. The van der Waals surface area contributed by atoms with E-state index >= 15 is 4.39 Å². The first-order valence-corrected chi connectivity index (χ1v) is 12.9. The summed E-state index contributed by atoms with van der Waals surface area (Å²) < 4.78 is 27.9. The number of nitrogens with one attached hydrogen (secondary N) is 1. The minimum Gasteiger partial charge on any atom is -0.497 e. The van der Waals surface area contributed by atoms with Gasteiger partial charge in [-0.15, -0.1) is 5.10 Å². The second-order valence-electron chi connectivity index (χ2n) is 9.45. The Morgan fingerprint density at radius 3 is 2.54 bits per heavy atom. The number of hydrogen-bond acceptors (Lipinski definition) is 6. The molecule has 0 unspecified atom stereocenters. The van der Waals surface area contributed by atoms with E-state index in [-0.39, 0.29) is 18.3 Å². The number of anilines is 1. The lowest BCUT2D eigenvalue weighted by molar-refractivity contribution is -0.127. The predicted octanol–water partition coefficient (Wildman–Crippen LogP) is 4.42. The van der Waals surface area contributed by atoms with Gasteiger partial charge in [0.05, 0.1) is 25.4 Å². The topological polar surface area (TPSA) is 98.6 Å². The number of fused-ring (bicyclic) bond motifs is 1. The number of para-hydroxylation sites is 2. The van der Waals surface area contributed by atoms with Gasteiger partial charge in [-0.1, -0.05) is 42.3 Å². The first-order valence-electron chi connectivity index (χ1n) is 12.9. The lowest BCUT2D eigenvalue weighted by atomic mass is 10.00. The van der Waals surface area contributed by atoms with Crippen LogP contribution >= 0.6 is 0 Å². The molecule has 2 amide bonds. The molecule has 39 heavy (non-hydrogen) atoms. The van der Waals surface area contributed by atoms with Crippen molar-refractivity contribution in [1.29, 1.82) is 0 Å². The number of benzene rings is 3. The Balaban J connectivity index is 1.64. The van der Waals surface area contributed by atoms with E-state index in [0.717, 1.165) is 25.7 Å². The number of ether oxygens (including phenoxy) is 2. The first-order chi connectivity index (χ1) is 19.0. The molecule has 9 nitrogen and oxygen atoms in total. The molecule has 1 saturated carbocycles. The maximum Gasteiger partial charge on any atom is 0.249 e. The van der Waals surface area contributed by atoms with Crippen LogP contribution in [-0.4, -0.2) is 47.1 Å². The molecule has 0 bridgehead atoms. The number of rotatable bonds is 9. The highest BCUT2D eigenvalue weighted by molar-refractivity contribution is 6.02.